The minimum atomic E-state index is -3.48. The number of hydrogen-bond donors (Lipinski definition) is 1. The van der Waals surface area contributed by atoms with Crippen molar-refractivity contribution in [2.24, 2.45) is 0 Å². The minimum Gasteiger partial charge on any atom is -0.454 e. The van der Waals surface area contributed by atoms with Crippen LogP contribution >= 0.6 is 11.3 Å². The number of sulfonamides is 1. The summed E-state index contributed by atoms with van der Waals surface area (Å²) in [7, 11) is 0.344. The van der Waals surface area contributed by atoms with Gasteiger partial charge in [0.05, 0.1) is 0 Å². The molecular weight excluding hydrogens is 336 g/mol. The van der Waals surface area contributed by atoms with Crippen LogP contribution in [0.25, 0.3) is 0 Å². The molecule has 1 atom stereocenters. The van der Waals surface area contributed by atoms with E-state index >= 15 is 0 Å². The van der Waals surface area contributed by atoms with Gasteiger partial charge in [0, 0.05) is 12.6 Å². The summed E-state index contributed by atoms with van der Waals surface area (Å²) in [6, 6.07) is 8.88. The van der Waals surface area contributed by atoms with Gasteiger partial charge in [-0.15, -0.1) is 11.3 Å². The second kappa shape index (κ2) is 6.48. The van der Waals surface area contributed by atoms with Crippen LogP contribution in [0.15, 0.2) is 39.9 Å². The Kier molecular flexibility index (Phi) is 4.58. The molecule has 2 heterocycles. The van der Waals surface area contributed by atoms with Gasteiger partial charge in [-0.2, -0.15) is 0 Å². The smallest absolute Gasteiger partial charge is 0.250 e. The number of nitrogens with one attached hydrogen (secondary N) is 1. The summed E-state index contributed by atoms with van der Waals surface area (Å²) in [6.45, 7) is 0.489. The predicted molar refractivity (Wildman–Crippen MR) is 88.5 cm³/mol. The third-order valence-corrected chi connectivity index (χ3v) is 6.45. The summed E-state index contributed by atoms with van der Waals surface area (Å²) in [6.07, 6.45) is 0. The van der Waals surface area contributed by atoms with E-state index in [1.165, 1.54) is 11.3 Å². The van der Waals surface area contributed by atoms with Gasteiger partial charge in [0.25, 0.3) is 0 Å². The average molecular weight is 354 g/mol. The molecule has 124 valence electrons. The Labute approximate surface area is 139 Å². The predicted octanol–water partition coefficient (Wildman–Crippen LogP) is 2.06. The number of ether oxygens (including phenoxy) is 2. The van der Waals surface area contributed by atoms with Crippen molar-refractivity contribution >= 4 is 21.4 Å². The van der Waals surface area contributed by atoms with Gasteiger partial charge in [0.15, 0.2) is 11.5 Å². The van der Waals surface area contributed by atoms with Gasteiger partial charge >= 0.3 is 0 Å². The quantitative estimate of drug-likeness (QED) is 0.860. The van der Waals surface area contributed by atoms with E-state index in [2.05, 4.69) is 4.72 Å². The van der Waals surface area contributed by atoms with Crippen molar-refractivity contribution in [3.8, 4) is 11.5 Å². The van der Waals surface area contributed by atoms with Gasteiger partial charge in [-0.05, 0) is 43.2 Å². The Morgan fingerprint density at radius 3 is 2.74 bits per heavy atom. The molecule has 0 bridgehead atoms. The van der Waals surface area contributed by atoms with Gasteiger partial charge < -0.3 is 14.4 Å². The Hall–Kier alpha value is -1.61. The van der Waals surface area contributed by atoms with Crippen molar-refractivity contribution in [1.82, 2.24) is 9.62 Å². The van der Waals surface area contributed by atoms with Crippen LogP contribution in [0.4, 0.5) is 0 Å². The second-order valence-corrected chi connectivity index (χ2v) is 8.32. The first kappa shape index (κ1) is 16.3. The van der Waals surface area contributed by atoms with Crippen LogP contribution in [0.3, 0.4) is 0 Å². The van der Waals surface area contributed by atoms with E-state index in [1.807, 2.05) is 37.2 Å². The molecule has 23 heavy (non-hydrogen) atoms. The van der Waals surface area contributed by atoms with Crippen molar-refractivity contribution in [2.45, 2.75) is 10.3 Å². The van der Waals surface area contributed by atoms with Crippen LogP contribution in [0.5, 0.6) is 11.5 Å². The molecule has 1 aromatic heterocycles. The molecule has 3 rings (SSSR count). The molecule has 0 fully saturated rings. The zero-order valence-corrected chi connectivity index (χ0v) is 14.5. The molecule has 0 saturated carbocycles. The summed E-state index contributed by atoms with van der Waals surface area (Å²) in [5.74, 6) is 1.40. The molecule has 8 heteroatoms. The molecule has 1 N–H and O–H groups in total. The molecule has 1 aliphatic rings. The Morgan fingerprint density at radius 1 is 1.26 bits per heavy atom. The monoisotopic (exact) mass is 354 g/mol. The molecular formula is C15H18N2O4S2. The summed E-state index contributed by atoms with van der Waals surface area (Å²) in [5, 5.41) is 1.75. The van der Waals surface area contributed by atoms with Crippen molar-refractivity contribution in [3.63, 3.8) is 0 Å². The zero-order valence-electron chi connectivity index (χ0n) is 12.9. The minimum absolute atomic E-state index is 0.112. The van der Waals surface area contributed by atoms with Gasteiger partial charge in [0.1, 0.15) is 4.21 Å². The summed E-state index contributed by atoms with van der Waals surface area (Å²) in [4.78, 5) is 1.97. The first-order valence-electron chi connectivity index (χ1n) is 7.06. The molecule has 0 spiro atoms. The molecule has 0 unspecified atom stereocenters. The van der Waals surface area contributed by atoms with Crippen molar-refractivity contribution in [2.75, 3.05) is 27.4 Å². The van der Waals surface area contributed by atoms with E-state index in [-0.39, 0.29) is 19.4 Å². The molecule has 0 amide bonds. The third kappa shape index (κ3) is 3.50. The van der Waals surface area contributed by atoms with Crippen LogP contribution in [0, 0.1) is 0 Å². The maximum absolute atomic E-state index is 12.3. The van der Waals surface area contributed by atoms with Gasteiger partial charge in [-0.3, -0.25) is 0 Å². The lowest BCUT2D eigenvalue weighted by atomic mass is 10.1. The lowest BCUT2D eigenvalue weighted by Crippen LogP contribution is -2.34. The highest BCUT2D eigenvalue weighted by Gasteiger charge is 2.22. The van der Waals surface area contributed by atoms with Crippen LogP contribution < -0.4 is 14.2 Å². The van der Waals surface area contributed by atoms with E-state index in [4.69, 9.17) is 9.47 Å². The fourth-order valence-electron chi connectivity index (χ4n) is 2.40. The number of likely N-dealkylation sites (N-methyl/N-ethyl adjacent to an activating group) is 1. The van der Waals surface area contributed by atoms with E-state index in [9.17, 15) is 8.42 Å². The zero-order chi connectivity index (χ0) is 16.4. The second-order valence-electron chi connectivity index (χ2n) is 5.38. The maximum Gasteiger partial charge on any atom is 0.250 e. The van der Waals surface area contributed by atoms with E-state index in [1.54, 1.807) is 17.5 Å². The highest BCUT2D eigenvalue weighted by Crippen LogP contribution is 2.35. The SMILES string of the molecule is CN(C)[C@H](CNS(=O)(=O)c1cccs1)c1ccc2c(c1)OCO2. The lowest BCUT2D eigenvalue weighted by molar-refractivity contribution is 0.174. The molecule has 0 radical (unpaired) electrons. The van der Waals surface area contributed by atoms with E-state index in [0.717, 1.165) is 5.56 Å². The standard InChI is InChI=1S/C15H18N2O4S2/c1-17(2)12(9-16-23(18,19)15-4-3-7-22-15)11-5-6-13-14(8-11)21-10-20-13/h3-8,12,16H,9-10H2,1-2H3/t12-/m1/s1. The summed E-state index contributed by atoms with van der Waals surface area (Å²) >= 11 is 1.20. The summed E-state index contributed by atoms with van der Waals surface area (Å²) < 4.78 is 38.3. The number of benzene rings is 1. The van der Waals surface area contributed by atoms with Crippen LogP contribution in [0.1, 0.15) is 11.6 Å². The van der Waals surface area contributed by atoms with Crippen LogP contribution in [-0.2, 0) is 10.0 Å². The molecule has 1 aromatic carbocycles. The molecule has 0 saturated heterocycles. The summed E-state index contributed by atoms with van der Waals surface area (Å²) in [5.41, 5.74) is 0.966. The number of fused-ring (bicyclic) bond motifs is 1. The van der Waals surface area contributed by atoms with Gasteiger partial charge in [0.2, 0.25) is 16.8 Å². The number of nitrogens with zero attached hydrogens (tertiary/aromatic N) is 1. The third-order valence-electron chi connectivity index (χ3n) is 3.63. The highest BCUT2D eigenvalue weighted by atomic mass is 32.2. The highest BCUT2D eigenvalue weighted by molar-refractivity contribution is 7.91. The van der Waals surface area contributed by atoms with Crippen molar-refractivity contribution in [1.29, 1.82) is 0 Å². The van der Waals surface area contributed by atoms with E-state index < -0.39 is 10.0 Å². The molecule has 6 nitrogen and oxygen atoms in total. The number of rotatable bonds is 6. The van der Waals surface area contributed by atoms with Crippen LogP contribution in [-0.4, -0.2) is 40.8 Å². The molecule has 2 aromatic rings. The lowest BCUT2D eigenvalue weighted by Gasteiger charge is -2.25. The normalized spacial score (nSPS) is 15.1. The fraction of sp³-hybridized carbons (Fsp3) is 0.333. The van der Waals surface area contributed by atoms with Gasteiger partial charge in [-0.25, -0.2) is 13.1 Å². The fourth-order valence-corrected chi connectivity index (χ4v) is 4.47. The van der Waals surface area contributed by atoms with Gasteiger partial charge in [-0.1, -0.05) is 12.1 Å². The topological polar surface area (TPSA) is 67.9 Å². The Bertz CT molecular complexity index is 773. The Morgan fingerprint density at radius 2 is 2.04 bits per heavy atom. The van der Waals surface area contributed by atoms with E-state index in [0.29, 0.717) is 15.7 Å². The molecule has 0 aliphatic carbocycles. The first-order valence-corrected chi connectivity index (χ1v) is 9.43. The maximum atomic E-state index is 12.3. The largest absolute Gasteiger partial charge is 0.454 e. The molecule has 1 aliphatic heterocycles. The average Bonchev–Trinajstić information content (AvgIpc) is 3.18. The number of thiophene rings is 1. The first-order chi connectivity index (χ1) is 11.0. The van der Waals surface area contributed by atoms with Crippen molar-refractivity contribution in [3.05, 3.63) is 41.3 Å². The van der Waals surface area contributed by atoms with Crippen LogP contribution in [0.2, 0.25) is 0 Å². The Balaban J connectivity index is 1.78. The number of hydrogen-bond acceptors (Lipinski definition) is 6. The van der Waals surface area contributed by atoms with Crippen molar-refractivity contribution < 1.29 is 17.9 Å².